The molecule has 0 saturated heterocycles. The Bertz CT molecular complexity index is 1460. The van der Waals surface area contributed by atoms with Gasteiger partial charge in [-0.1, -0.05) is 23.9 Å². The van der Waals surface area contributed by atoms with Crippen molar-refractivity contribution in [3.05, 3.63) is 92.0 Å². The van der Waals surface area contributed by atoms with Gasteiger partial charge in [0.15, 0.2) is 5.16 Å². The monoisotopic (exact) mass is 506 g/mol. The van der Waals surface area contributed by atoms with Gasteiger partial charge >= 0.3 is 5.69 Å². The summed E-state index contributed by atoms with van der Waals surface area (Å²) >= 11 is 1.24. The molecule has 2 aromatic heterocycles. The first-order valence-corrected chi connectivity index (χ1v) is 12.3. The van der Waals surface area contributed by atoms with E-state index in [1.807, 2.05) is 63.2 Å². The molecular weight excluding hydrogens is 480 g/mol. The fourth-order valence-electron chi connectivity index (χ4n) is 3.60. The molecule has 1 amide bonds. The van der Waals surface area contributed by atoms with Crippen LogP contribution >= 0.6 is 11.8 Å². The molecule has 0 saturated carbocycles. The lowest BCUT2D eigenvalue weighted by Crippen LogP contribution is -2.23. The van der Waals surface area contributed by atoms with E-state index in [4.69, 9.17) is 4.74 Å². The van der Waals surface area contributed by atoms with Crippen LogP contribution in [-0.2, 0) is 11.2 Å². The highest BCUT2D eigenvalue weighted by molar-refractivity contribution is 7.99. The molecular formula is C25H26N6O4S. The molecule has 0 fully saturated rings. The maximum Gasteiger partial charge on any atom is 0.325 e. The number of aromatic nitrogens is 5. The van der Waals surface area contributed by atoms with E-state index in [2.05, 4.69) is 25.5 Å². The number of carbonyl (C=O) groups excluding carboxylic acids is 1. The van der Waals surface area contributed by atoms with Crippen molar-refractivity contribution in [1.29, 1.82) is 0 Å². The molecule has 4 aromatic rings. The summed E-state index contributed by atoms with van der Waals surface area (Å²) < 4.78 is 7.33. The number of nitrogens with one attached hydrogen (secondary N) is 3. The average molecular weight is 507 g/mol. The SMILES string of the molecule is CCOc1ccc(-n2c(Cc3cc(=O)[nH]c(=O)[nH]3)nnc2SCC(=O)Nc2cc(C)ccc2C)cc1. The van der Waals surface area contributed by atoms with Crippen LogP contribution in [0.1, 0.15) is 29.6 Å². The van der Waals surface area contributed by atoms with Crippen LogP contribution in [0.5, 0.6) is 5.75 Å². The van der Waals surface area contributed by atoms with Crippen molar-refractivity contribution in [3.63, 3.8) is 0 Å². The van der Waals surface area contributed by atoms with Gasteiger partial charge in [-0.3, -0.25) is 19.1 Å². The number of H-pyrrole nitrogens is 2. The first-order chi connectivity index (χ1) is 17.3. The zero-order valence-electron chi connectivity index (χ0n) is 20.1. The standard InChI is InChI=1S/C25H26N6O4S/c1-4-35-19-9-7-18(8-10-19)31-21(12-17-13-22(32)28-24(34)26-17)29-30-25(31)36-14-23(33)27-20-11-15(2)5-6-16(20)3/h5-11,13H,4,12,14H2,1-3H3,(H,27,33)(H2,26,28,32,34). The zero-order valence-corrected chi connectivity index (χ0v) is 20.9. The van der Waals surface area contributed by atoms with Crippen LogP contribution in [0.3, 0.4) is 0 Å². The van der Waals surface area contributed by atoms with Crippen molar-refractivity contribution in [2.75, 3.05) is 17.7 Å². The van der Waals surface area contributed by atoms with E-state index < -0.39 is 11.2 Å². The van der Waals surface area contributed by atoms with Crippen molar-refractivity contribution in [2.24, 2.45) is 0 Å². The Balaban J connectivity index is 1.60. The lowest BCUT2D eigenvalue weighted by Gasteiger charge is -2.12. The first kappa shape index (κ1) is 25.0. The van der Waals surface area contributed by atoms with Gasteiger partial charge in [-0.05, 0) is 62.2 Å². The minimum absolute atomic E-state index is 0.115. The second kappa shape index (κ2) is 11.1. The van der Waals surface area contributed by atoms with Crippen LogP contribution in [0.4, 0.5) is 5.69 Å². The van der Waals surface area contributed by atoms with Crippen molar-refractivity contribution in [1.82, 2.24) is 24.7 Å². The fraction of sp³-hybridized carbons (Fsp3) is 0.240. The lowest BCUT2D eigenvalue weighted by molar-refractivity contribution is -0.113. The highest BCUT2D eigenvalue weighted by atomic mass is 32.2. The minimum atomic E-state index is -0.595. The topological polar surface area (TPSA) is 135 Å². The number of hydrogen-bond acceptors (Lipinski definition) is 7. The van der Waals surface area contributed by atoms with E-state index in [-0.39, 0.29) is 18.1 Å². The first-order valence-electron chi connectivity index (χ1n) is 11.3. The summed E-state index contributed by atoms with van der Waals surface area (Å²) in [6.45, 7) is 6.37. The van der Waals surface area contributed by atoms with Crippen molar-refractivity contribution < 1.29 is 9.53 Å². The predicted octanol–water partition coefficient (Wildman–Crippen LogP) is 2.98. The Morgan fingerprint density at radius 1 is 1.06 bits per heavy atom. The van der Waals surface area contributed by atoms with Crippen LogP contribution in [0.15, 0.2) is 63.3 Å². The van der Waals surface area contributed by atoms with Crippen LogP contribution < -0.4 is 21.3 Å². The largest absolute Gasteiger partial charge is 0.494 e. The highest BCUT2D eigenvalue weighted by Gasteiger charge is 2.17. The quantitative estimate of drug-likeness (QED) is 0.297. The Morgan fingerprint density at radius 2 is 1.83 bits per heavy atom. The van der Waals surface area contributed by atoms with Gasteiger partial charge in [0.2, 0.25) is 5.91 Å². The molecule has 0 aliphatic heterocycles. The molecule has 0 bridgehead atoms. The molecule has 0 unspecified atom stereocenters. The summed E-state index contributed by atoms with van der Waals surface area (Å²) in [6, 6.07) is 14.6. The molecule has 186 valence electrons. The molecule has 2 heterocycles. The lowest BCUT2D eigenvalue weighted by atomic mass is 10.1. The Labute approximate surface area is 211 Å². The number of rotatable bonds is 9. The van der Waals surface area contributed by atoms with E-state index in [1.54, 1.807) is 4.57 Å². The number of carbonyl (C=O) groups is 1. The summed E-state index contributed by atoms with van der Waals surface area (Å²) in [5.41, 5.74) is 2.86. The molecule has 0 aliphatic carbocycles. The number of aromatic amines is 2. The molecule has 36 heavy (non-hydrogen) atoms. The van der Waals surface area contributed by atoms with E-state index in [0.717, 1.165) is 28.3 Å². The number of aryl methyl sites for hydroxylation is 2. The van der Waals surface area contributed by atoms with Gasteiger partial charge in [0.25, 0.3) is 5.56 Å². The number of benzene rings is 2. The third-order valence-corrected chi connectivity index (χ3v) is 6.20. The highest BCUT2D eigenvalue weighted by Crippen LogP contribution is 2.25. The number of amides is 1. The molecule has 11 heteroatoms. The van der Waals surface area contributed by atoms with Crippen LogP contribution in [0.2, 0.25) is 0 Å². The fourth-order valence-corrected chi connectivity index (χ4v) is 4.37. The number of ether oxygens (including phenoxy) is 1. The summed E-state index contributed by atoms with van der Waals surface area (Å²) in [6.07, 6.45) is 0.161. The smallest absolute Gasteiger partial charge is 0.325 e. The van der Waals surface area contributed by atoms with Crippen molar-refractivity contribution in [2.45, 2.75) is 32.3 Å². The third-order valence-electron chi connectivity index (χ3n) is 5.27. The molecule has 0 radical (unpaired) electrons. The Kier molecular flexibility index (Phi) is 7.69. The van der Waals surface area contributed by atoms with Gasteiger partial charge in [0, 0.05) is 29.6 Å². The number of anilines is 1. The summed E-state index contributed by atoms with van der Waals surface area (Å²) in [5.74, 6) is 1.16. The van der Waals surface area contributed by atoms with Crippen molar-refractivity contribution in [3.8, 4) is 11.4 Å². The number of nitrogens with zero attached hydrogens (tertiary/aromatic N) is 3. The van der Waals surface area contributed by atoms with Crippen LogP contribution in [-0.4, -0.2) is 43.0 Å². The van der Waals surface area contributed by atoms with Gasteiger partial charge in [-0.25, -0.2) is 4.79 Å². The predicted molar refractivity (Wildman–Crippen MR) is 138 cm³/mol. The molecule has 10 nitrogen and oxygen atoms in total. The summed E-state index contributed by atoms with van der Waals surface area (Å²) in [7, 11) is 0. The molecule has 3 N–H and O–H groups in total. The average Bonchev–Trinajstić information content (AvgIpc) is 3.22. The van der Waals surface area contributed by atoms with E-state index in [9.17, 15) is 14.4 Å². The summed E-state index contributed by atoms with van der Waals surface area (Å²) in [4.78, 5) is 40.9. The van der Waals surface area contributed by atoms with Gasteiger partial charge in [0.1, 0.15) is 11.6 Å². The van der Waals surface area contributed by atoms with Gasteiger partial charge in [0.05, 0.1) is 12.4 Å². The van der Waals surface area contributed by atoms with E-state index in [0.29, 0.717) is 23.3 Å². The van der Waals surface area contributed by atoms with E-state index >= 15 is 0 Å². The maximum atomic E-state index is 12.7. The van der Waals surface area contributed by atoms with Gasteiger partial charge < -0.3 is 15.0 Å². The van der Waals surface area contributed by atoms with Crippen LogP contribution in [0.25, 0.3) is 5.69 Å². The minimum Gasteiger partial charge on any atom is -0.494 e. The number of thioether (sulfide) groups is 1. The second-order valence-electron chi connectivity index (χ2n) is 8.11. The number of hydrogen-bond donors (Lipinski definition) is 3. The molecule has 2 aromatic carbocycles. The summed E-state index contributed by atoms with van der Waals surface area (Å²) in [5, 5.41) is 12.0. The second-order valence-corrected chi connectivity index (χ2v) is 9.05. The Hall–Kier alpha value is -4.12. The van der Waals surface area contributed by atoms with Crippen molar-refractivity contribution >= 4 is 23.4 Å². The molecule has 0 atom stereocenters. The van der Waals surface area contributed by atoms with Gasteiger partial charge in [-0.2, -0.15) is 0 Å². The Morgan fingerprint density at radius 3 is 2.56 bits per heavy atom. The van der Waals surface area contributed by atoms with E-state index in [1.165, 1.54) is 17.8 Å². The molecule has 0 spiro atoms. The van der Waals surface area contributed by atoms with Gasteiger partial charge in [-0.15, -0.1) is 10.2 Å². The molecule has 4 rings (SSSR count). The zero-order chi connectivity index (χ0) is 25.7. The maximum absolute atomic E-state index is 12.7. The third kappa shape index (κ3) is 6.11. The molecule has 0 aliphatic rings. The van der Waals surface area contributed by atoms with Crippen LogP contribution in [0, 0.1) is 13.8 Å². The normalized spacial score (nSPS) is 10.9.